The first-order valence-electron chi connectivity index (χ1n) is 7.54. The van der Waals surface area contributed by atoms with E-state index in [0.29, 0.717) is 25.6 Å². The highest BCUT2D eigenvalue weighted by Crippen LogP contribution is 2.28. The Morgan fingerprint density at radius 3 is 2.50 bits per heavy atom. The van der Waals surface area contributed by atoms with Gasteiger partial charge in [0.1, 0.15) is 11.4 Å². The van der Waals surface area contributed by atoms with E-state index in [1.807, 2.05) is 32.9 Å². The van der Waals surface area contributed by atoms with E-state index in [-0.39, 0.29) is 6.09 Å². The summed E-state index contributed by atoms with van der Waals surface area (Å²) in [5.74, 6) is 1.28. The van der Waals surface area contributed by atoms with Crippen LogP contribution in [-0.2, 0) is 4.74 Å². The smallest absolute Gasteiger partial charge is 0.410 e. The molecule has 1 amide bonds. The van der Waals surface area contributed by atoms with Crippen molar-refractivity contribution in [2.45, 2.75) is 40.2 Å². The number of ether oxygens (including phenoxy) is 2. The van der Waals surface area contributed by atoms with Crippen molar-refractivity contribution in [3.05, 3.63) is 27.7 Å². The lowest BCUT2D eigenvalue weighted by molar-refractivity contribution is -0.00786. The summed E-state index contributed by atoms with van der Waals surface area (Å²) < 4.78 is 12.3. The van der Waals surface area contributed by atoms with E-state index in [0.717, 1.165) is 15.8 Å². The highest BCUT2D eigenvalue weighted by molar-refractivity contribution is 9.10. The summed E-state index contributed by atoms with van der Waals surface area (Å²) in [6.07, 6.45) is -0.237. The predicted octanol–water partition coefficient (Wildman–Crippen LogP) is 4.31. The Morgan fingerprint density at radius 2 is 1.91 bits per heavy atom. The van der Waals surface area contributed by atoms with E-state index in [4.69, 9.17) is 9.47 Å². The zero-order valence-electron chi connectivity index (χ0n) is 13.9. The Kier molecular flexibility index (Phi) is 5.05. The molecule has 1 fully saturated rings. The Bertz CT molecular complexity index is 560. The van der Waals surface area contributed by atoms with Crippen molar-refractivity contribution in [1.82, 2.24) is 4.90 Å². The monoisotopic (exact) mass is 369 g/mol. The molecule has 1 saturated heterocycles. The van der Waals surface area contributed by atoms with E-state index in [1.54, 1.807) is 4.90 Å². The van der Waals surface area contributed by atoms with Crippen LogP contribution >= 0.6 is 15.9 Å². The molecule has 0 spiro atoms. The van der Waals surface area contributed by atoms with Crippen LogP contribution in [-0.4, -0.2) is 36.3 Å². The van der Waals surface area contributed by atoms with E-state index in [2.05, 4.69) is 29.8 Å². The lowest BCUT2D eigenvalue weighted by Gasteiger charge is -2.39. The highest BCUT2D eigenvalue weighted by atomic mass is 79.9. The first kappa shape index (κ1) is 17.1. The van der Waals surface area contributed by atoms with Gasteiger partial charge in [-0.3, -0.25) is 0 Å². The molecule has 2 rings (SSSR count). The summed E-state index contributed by atoms with van der Waals surface area (Å²) >= 11 is 3.52. The van der Waals surface area contributed by atoms with Gasteiger partial charge in [0.05, 0.1) is 6.61 Å². The van der Waals surface area contributed by atoms with E-state index in [9.17, 15) is 4.79 Å². The average Bonchev–Trinajstić information content (AvgIpc) is 2.34. The summed E-state index contributed by atoms with van der Waals surface area (Å²) in [5.41, 5.74) is 1.91. The molecule has 0 N–H and O–H groups in total. The number of halogens is 1. The van der Waals surface area contributed by atoms with Gasteiger partial charge in [-0.05, 0) is 57.9 Å². The molecule has 1 aliphatic rings. The summed E-state index contributed by atoms with van der Waals surface area (Å²) in [7, 11) is 0. The predicted molar refractivity (Wildman–Crippen MR) is 90.4 cm³/mol. The number of nitrogens with zero attached hydrogens (tertiary/aromatic N) is 1. The van der Waals surface area contributed by atoms with E-state index < -0.39 is 5.60 Å². The average molecular weight is 370 g/mol. The molecule has 22 heavy (non-hydrogen) atoms. The second kappa shape index (κ2) is 6.49. The zero-order chi connectivity index (χ0) is 16.5. The molecule has 0 saturated carbocycles. The van der Waals surface area contributed by atoms with Gasteiger partial charge in [0.15, 0.2) is 0 Å². The topological polar surface area (TPSA) is 38.8 Å². The fourth-order valence-electron chi connectivity index (χ4n) is 2.28. The molecule has 1 heterocycles. The Morgan fingerprint density at radius 1 is 1.27 bits per heavy atom. The van der Waals surface area contributed by atoms with Crippen LogP contribution in [0.1, 0.15) is 31.9 Å². The van der Waals surface area contributed by atoms with Gasteiger partial charge in [0.25, 0.3) is 0 Å². The number of hydrogen-bond donors (Lipinski definition) is 0. The molecular weight excluding hydrogens is 346 g/mol. The molecule has 1 aromatic carbocycles. The summed E-state index contributed by atoms with van der Waals surface area (Å²) in [6, 6.07) is 3.99. The van der Waals surface area contributed by atoms with Crippen LogP contribution < -0.4 is 4.74 Å². The van der Waals surface area contributed by atoms with Crippen LogP contribution in [0.5, 0.6) is 5.75 Å². The minimum Gasteiger partial charge on any atom is -0.493 e. The maximum Gasteiger partial charge on any atom is 0.410 e. The second-order valence-electron chi connectivity index (χ2n) is 6.86. The first-order chi connectivity index (χ1) is 10.2. The molecule has 0 unspecified atom stereocenters. The number of benzene rings is 1. The Balaban J connectivity index is 1.79. The molecule has 0 atom stereocenters. The molecular formula is C17H24BrNO3. The summed E-state index contributed by atoms with van der Waals surface area (Å²) in [5, 5.41) is 0. The first-order valence-corrected chi connectivity index (χ1v) is 8.33. The second-order valence-corrected chi connectivity index (χ2v) is 7.71. The van der Waals surface area contributed by atoms with Crippen LogP contribution in [0.2, 0.25) is 0 Å². The number of hydrogen-bond acceptors (Lipinski definition) is 3. The molecule has 122 valence electrons. The highest BCUT2D eigenvalue weighted by Gasteiger charge is 2.34. The van der Waals surface area contributed by atoms with E-state index >= 15 is 0 Å². The van der Waals surface area contributed by atoms with Gasteiger partial charge in [-0.1, -0.05) is 15.9 Å². The standard InChI is InChI=1S/C17H24BrNO3/c1-11-12(2)15(7-6-14(11)18)21-10-13-8-19(9-13)16(20)22-17(3,4)5/h6-7,13H,8-10H2,1-5H3. The number of carbonyl (C=O) groups is 1. The normalized spacial score (nSPS) is 15.5. The minimum atomic E-state index is -0.440. The van der Waals surface area contributed by atoms with Crippen molar-refractivity contribution in [3.63, 3.8) is 0 Å². The van der Waals surface area contributed by atoms with E-state index in [1.165, 1.54) is 5.56 Å². The summed E-state index contributed by atoms with van der Waals surface area (Å²) in [6.45, 7) is 11.8. The lowest BCUT2D eigenvalue weighted by atomic mass is 10.0. The van der Waals surface area contributed by atoms with Gasteiger partial charge in [-0.25, -0.2) is 4.79 Å². The molecule has 4 nitrogen and oxygen atoms in total. The van der Waals surface area contributed by atoms with Crippen molar-refractivity contribution in [3.8, 4) is 5.75 Å². The van der Waals surface area contributed by atoms with Gasteiger partial charge >= 0.3 is 6.09 Å². The quantitative estimate of drug-likeness (QED) is 0.796. The Hall–Kier alpha value is -1.23. The maximum absolute atomic E-state index is 11.9. The summed E-state index contributed by atoms with van der Waals surface area (Å²) in [4.78, 5) is 13.6. The fraction of sp³-hybridized carbons (Fsp3) is 0.588. The molecule has 1 aliphatic heterocycles. The largest absolute Gasteiger partial charge is 0.493 e. The zero-order valence-corrected chi connectivity index (χ0v) is 15.5. The van der Waals surface area contributed by atoms with Gasteiger partial charge in [0.2, 0.25) is 0 Å². The minimum absolute atomic E-state index is 0.237. The van der Waals surface area contributed by atoms with Gasteiger partial charge in [-0.2, -0.15) is 0 Å². The third-order valence-electron chi connectivity index (χ3n) is 3.75. The van der Waals surface area contributed by atoms with Gasteiger partial charge in [0, 0.05) is 23.5 Å². The lowest BCUT2D eigenvalue weighted by Crippen LogP contribution is -2.53. The van der Waals surface area contributed by atoms with Crippen molar-refractivity contribution in [1.29, 1.82) is 0 Å². The number of carbonyl (C=O) groups excluding carboxylic acids is 1. The molecule has 0 radical (unpaired) electrons. The van der Waals surface area contributed by atoms with Gasteiger partial charge < -0.3 is 14.4 Å². The molecule has 0 aromatic heterocycles. The maximum atomic E-state index is 11.9. The van der Waals surface area contributed by atoms with Crippen molar-refractivity contribution in [2.75, 3.05) is 19.7 Å². The molecule has 0 bridgehead atoms. The SMILES string of the molecule is Cc1c(Br)ccc(OCC2CN(C(=O)OC(C)(C)C)C2)c1C. The third-order valence-corrected chi connectivity index (χ3v) is 4.61. The van der Waals surface area contributed by atoms with Crippen molar-refractivity contribution < 1.29 is 14.3 Å². The fourth-order valence-corrected chi connectivity index (χ4v) is 2.71. The van der Waals surface area contributed by atoms with Crippen LogP contribution in [0.3, 0.4) is 0 Å². The van der Waals surface area contributed by atoms with Gasteiger partial charge in [-0.15, -0.1) is 0 Å². The van der Waals surface area contributed by atoms with Crippen LogP contribution in [0.25, 0.3) is 0 Å². The number of rotatable bonds is 3. The molecule has 0 aliphatic carbocycles. The van der Waals surface area contributed by atoms with Crippen LogP contribution in [0.15, 0.2) is 16.6 Å². The number of likely N-dealkylation sites (tertiary alicyclic amines) is 1. The van der Waals surface area contributed by atoms with Crippen molar-refractivity contribution >= 4 is 22.0 Å². The van der Waals surface area contributed by atoms with Crippen molar-refractivity contribution in [2.24, 2.45) is 5.92 Å². The van der Waals surface area contributed by atoms with Crippen LogP contribution in [0, 0.1) is 19.8 Å². The molecule has 1 aromatic rings. The molecule has 5 heteroatoms. The Labute approximate surface area is 140 Å². The van der Waals surface area contributed by atoms with Crippen LogP contribution in [0.4, 0.5) is 4.79 Å². The number of amides is 1. The third kappa shape index (κ3) is 4.15.